The lowest BCUT2D eigenvalue weighted by Gasteiger charge is -2.23. The van der Waals surface area contributed by atoms with Crippen LogP contribution in [0.3, 0.4) is 0 Å². The number of aromatic nitrogens is 1. The third kappa shape index (κ3) is 1.56. The fourth-order valence-electron chi connectivity index (χ4n) is 1.09. The molecule has 0 fully saturated rings. The minimum Gasteiger partial charge on any atom is -0.482 e. The van der Waals surface area contributed by atoms with Crippen LogP contribution in [0.4, 0.5) is 0 Å². The van der Waals surface area contributed by atoms with Gasteiger partial charge in [-0.25, -0.2) is 0 Å². The van der Waals surface area contributed by atoms with Crippen molar-refractivity contribution in [1.82, 2.24) is 4.57 Å². The Morgan fingerprint density at radius 3 is 2.36 bits per heavy atom. The number of methoxy groups -OCH3 is 1. The summed E-state index contributed by atoms with van der Waals surface area (Å²) in [6, 6.07) is 3.95. The summed E-state index contributed by atoms with van der Waals surface area (Å²) >= 11 is 0. The molecule has 1 aromatic heterocycles. The molecule has 0 atom stereocenters. The summed E-state index contributed by atoms with van der Waals surface area (Å²) in [7, 11) is 1.69. The van der Waals surface area contributed by atoms with E-state index >= 15 is 0 Å². The molecule has 1 rings (SSSR count). The zero-order valence-corrected chi connectivity index (χ0v) is 7.59. The first kappa shape index (κ1) is 8.18. The lowest BCUT2D eigenvalue weighted by atomic mass is 10.1. The number of hydrogen-bond donors (Lipinski definition) is 0. The zero-order valence-electron chi connectivity index (χ0n) is 7.59. The van der Waals surface area contributed by atoms with E-state index in [1.165, 1.54) is 0 Å². The van der Waals surface area contributed by atoms with Crippen LogP contribution >= 0.6 is 0 Å². The van der Waals surface area contributed by atoms with Crippen molar-refractivity contribution in [3.63, 3.8) is 0 Å². The molecule has 0 unspecified atom stereocenters. The summed E-state index contributed by atoms with van der Waals surface area (Å²) in [6.45, 7) is 6.44. The molecule has 0 saturated carbocycles. The quantitative estimate of drug-likeness (QED) is 0.603. The fourth-order valence-corrected chi connectivity index (χ4v) is 1.09. The lowest BCUT2D eigenvalue weighted by molar-refractivity contribution is 0.309. The predicted molar refractivity (Wildman–Crippen MR) is 46.0 cm³/mol. The highest BCUT2D eigenvalue weighted by Gasteiger charge is 2.15. The maximum atomic E-state index is 5.17. The van der Waals surface area contributed by atoms with E-state index in [4.69, 9.17) is 4.74 Å². The van der Waals surface area contributed by atoms with Gasteiger partial charge in [-0.2, -0.15) is 0 Å². The van der Waals surface area contributed by atoms with Crippen molar-refractivity contribution in [2.24, 2.45) is 0 Å². The second-order valence-electron chi connectivity index (χ2n) is 3.59. The van der Waals surface area contributed by atoms with Crippen molar-refractivity contribution in [2.45, 2.75) is 26.3 Å². The van der Waals surface area contributed by atoms with Gasteiger partial charge in [0.05, 0.1) is 7.11 Å². The highest BCUT2D eigenvalue weighted by atomic mass is 16.5. The minimum absolute atomic E-state index is 0.106. The Morgan fingerprint density at radius 2 is 2.00 bits per heavy atom. The van der Waals surface area contributed by atoms with Crippen molar-refractivity contribution < 1.29 is 4.74 Å². The standard InChI is InChI=1S/C9H15NO/c1-9(2,3)10-7-5-6-8(10)11-4/h5-7H,1-4H3. The van der Waals surface area contributed by atoms with Crippen molar-refractivity contribution >= 4 is 0 Å². The van der Waals surface area contributed by atoms with E-state index in [0.717, 1.165) is 5.88 Å². The Kier molecular flexibility index (Phi) is 1.94. The zero-order chi connectivity index (χ0) is 8.48. The monoisotopic (exact) mass is 153 g/mol. The average molecular weight is 153 g/mol. The van der Waals surface area contributed by atoms with Gasteiger partial charge < -0.3 is 9.30 Å². The Labute approximate surface area is 67.8 Å². The molecule has 0 N–H and O–H groups in total. The molecule has 0 aromatic carbocycles. The van der Waals surface area contributed by atoms with Gasteiger partial charge in [-0.15, -0.1) is 0 Å². The van der Waals surface area contributed by atoms with E-state index < -0.39 is 0 Å². The summed E-state index contributed by atoms with van der Waals surface area (Å²) in [6.07, 6.45) is 2.03. The van der Waals surface area contributed by atoms with Crippen LogP contribution in [0.15, 0.2) is 18.3 Å². The number of ether oxygens (including phenoxy) is 1. The van der Waals surface area contributed by atoms with Gasteiger partial charge in [0.1, 0.15) is 0 Å². The van der Waals surface area contributed by atoms with Crippen LogP contribution < -0.4 is 4.74 Å². The van der Waals surface area contributed by atoms with Crippen molar-refractivity contribution in [3.05, 3.63) is 18.3 Å². The van der Waals surface area contributed by atoms with Gasteiger partial charge in [0.15, 0.2) is 5.88 Å². The Bertz CT molecular complexity index is 232. The van der Waals surface area contributed by atoms with Gasteiger partial charge >= 0.3 is 0 Å². The highest BCUT2D eigenvalue weighted by Crippen LogP contribution is 2.22. The smallest absolute Gasteiger partial charge is 0.193 e. The first-order valence-electron chi connectivity index (χ1n) is 3.77. The van der Waals surface area contributed by atoms with Crippen molar-refractivity contribution in [2.75, 3.05) is 7.11 Å². The van der Waals surface area contributed by atoms with E-state index in [-0.39, 0.29) is 5.54 Å². The van der Waals surface area contributed by atoms with E-state index in [2.05, 4.69) is 25.3 Å². The Hall–Kier alpha value is -0.920. The van der Waals surface area contributed by atoms with E-state index in [0.29, 0.717) is 0 Å². The van der Waals surface area contributed by atoms with Crippen LogP contribution in [0, 0.1) is 0 Å². The molecule has 0 aliphatic rings. The second kappa shape index (κ2) is 2.61. The molecule has 1 heterocycles. The number of nitrogens with zero attached hydrogens (tertiary/aromatic N) is 1. The van der Waals surface area contributed by atoms with Crippen molar-refractivity contribution in [3.8, 4) is 5.88 Å². The van der Waals surface area contributed by atoms with Gasteiger partial charge in [0.25, 0.3) is 0 Å². The molecule has 0 aliphatic carbocycles. The summed E-state index contributed by atoms with van der Waals surface area (Å²) in [5.74, 6) is 0.914. The number of hydrogen-bond acceptors (Lipinski definition) is 1. The SMILES string of the molecule is COc1cccn1C(C)(C)C. The van der Waals surface area contributed by atoms with E-state index in [1.54, 1.807) is 7.11 Å². The van der Waals surface area contributed by atoms with Crippen LogP contribution in [0.5, 0.6) is 5.88 Å². The maximum Gasteiger partial charge on any atom is 0.193 e. The molecule has 0 aliphatic heterocycles. The molecule has 0 saturated heterocycles. The Morgan fingerprint density at radius 1 is 1.36 bits per heavy atom. The summed E-state index contributed by atoms with van der Waals surface area (Å²) in [4.78, 5) is 0. The van der Waals surface area contributed by atoms with Crippen LogP contribution in [-0.4, -0.2) is 11.7 Å². The van der Waals surface area contributed by atoms with Gasteiger partial charge in [0, 0.05) is 11.7 Å². The molecule has 2 heteroatoms. The molecular weight excluding hydrogens is 138 g/mol. The largest absolute Gasteiger partial charge is 0.482 e. The van der Waals surface area contributed by atoms with Crippen LogP contribution in [0.25, 0.3) is 0 Å². The molecule has 0 amide bonds. The molecule has 62 valence electrons. The fraction of sp³-hybridized carbons (Fsp3) is 0.556. The minimum atomic E-state index is 0.106. The normalized spacial score (nSPS) is 11.6. The second-order valence-corrected chi connectivity index (χ2v) is 3.59. The maximum absolute atomic E-state index is 5.17. The first-order valence-corrected chi connectivity index (χ1v) is 3.77. The van der Waals surface area contributed by atoms with Gasteiger partial charge in [-0.05, 0) is 32.9 Å². The van der Waals surface area contributed by atoms with Gasteiger partial charge in [-0.3, -0.25) is 0 Å². The van der Waals surface area contributed by atoms with Crippen LogP contribution in [0.1, 0.15) is 20.8 Å². The third-order valence-corrected chi connectivity index (χ3v) is 1.64. The predicted octanol–water partition coefficient (Wildman–Crippen LogP) is 2.25. The summed E-state index contributed by atoms with van der Waals surface area (Å²) in [5, 5.41) is 0. The van der Waals surface area contributed by atoms with Crippen LogP contribution in [0.2, 0.25) is 0 Å². The molecule has 2 nitrogen and oxygen atoms in total. The lowest BCUT2D eigenvalue weighted by Crippen LogP contribution is -2.21. The highest BCUT2D eigenvalue weighted by molar-refractivity contribution is 5.15. The molecule has 11 heavy (non-hydrogen) atoms. The Balaban J connectivity index is 3.02. The van der Waals surface area contributed by atoms with Crippen molar-refractivity contribution in [1.29, 1.82) is 0 Å². The molecule has 0 spiro atoms. The van der Waals surface area contributed by atoms with Gasteiger partial charge in [-0.1, -0.05) is 0 Å². The molecule has 0 bridgehead atoms. The average Bonchev–Trinajstić information content (AvgIpc) is 2.31. The van der Waals surface area contributed by atoms with E-state index in [1.807, 2.05) is 18.3 Å². The van der Waals surface area contributed by atoms with Gasteiger partial charge in [0.2, 0.25) is 0 Å². The summed E-state index contributed by atoms with van der Waals surface area (Å²) in [5.41, 5.74) is 0.106. The third-order valence-electron chi connectivity index (χ3n) is 1.64. The summed E-state index contributed by atoms with van der Waals surface area (Å²) < 4.78 is 7.28. The first-order chi connectivity index (χ1) is 5.05. The van der Waals surface area contributed by atoms with E-state index in [9.17, 15) is 0 Å². The number of rotatable bonds is 1. The van der Waals surface area contributed by atoms with Crippen LogP contribution in [-0.2, 0) is 5.54 Å². The molecule has 0 radical (unpaired) electrons. The molecular formula is C9H15NO. The topological polar surface area (TPSA) is 14.2 Å². The molecule has 1 aromatic rings.